The van der Waals surface area contributed by atoms with E-state index in [1.54, 1.807) is 35.4 Å². The molecule has 1 aliphatic rings. The molecule has 6 nitrogen and oxygen atoms in total. The Balaban J connectivity index is 1.42. The topological polar surface area (TPSA) is 72.2 Å². The van der Waals surface area contributed by atoms with E-state index in [2.05, 4.69) is 36.4 Å². The molecule has 136 valence electrons. The molecule has 0 aliphatic heterocycles. The first-order valence-electron chi connectivity index (χ1n) is 8.58. The summed E-state index contributed by atoms with van der Waals surface area (Å²) in [5.41, 5.74) is 1.32. The van der Waals surface area contributed by atoms with E-state index in [0.717, 1.165) is 19.6 Å². The number of pyridine rings is 1. The van der Waals surface area contributed by atoms with Crippen molar-refractivity contribution in [1.82, 2.24) is 19.6 Å². The number of rotatable bonds is 5. The molecule has 4 rings (SSSR count). The third-order valence-electron chi connectivity index (χ3n) is 4.36. The summed E-state index contributed by atoms with van der Waals surface area (Å²) in [6.07, 6.45) is 8.07. The molecule has 1 fully saturated rings. The zero-order valence-electron chi connectivity index (χ0n) is 14.0. The smallest absolute Gasteiger partial charge is 0.258 e. The minimum atomic E-state index is -0.0798. The zero-order chi connectivity index (χ0) is 17.9. The van der Waals surface area contributed by atoms with E-state index in [9.17, 15) is 4.79 Å². The quantitative estimate of drug-likeness (QED) is 0.581. The van der Waals surface area contributed by atoms with E-state index in [0.29, 0.717) is 17.4 Å². The van der Waals surface area contributed by atoms with Crippen molar-refractivity contribution in [2.75, 3.05) is 5.32 Å². The molecule has 3 heterocycles. The number of hydrogen-bond acceptors (Lipinski definition) is 7. The van der Waals surface area contributed by atoms with Crippen LogP contribution in [0.1, 0.15) is 37.8 Å². The molecular formula is C17H18BrN5OS2. The van der Waals surface area contributed by atoms with Crippen molar-refractivity contribution in [2.45, 2.75) is 48.2 Å². The average Bonchev–Trinajstić information content (AvgIpc) is 3.09. The predicted octanol–water partition coefficient (Wildman–Crippen LogP) is 4.35. The van der Waals surface area contributed by atoms with Gasteiger partial charge in [-0.15, -0.1) is 10.2 Å². The summed E-state index contributed by atoms with van der Waals surface area (Å²) in [4.78, 5) is 16.8. The molecular weight excluding hydrogens is 434 g/mol. The number of thioether (sulfide) groups is 1. The van der Waals surface area contributed by atoms with Gasteiger partial charge in [0.2, 0.25) is 5.13 Å². The molecule has 0 atom stereocenters. The maximum atomic E-state index is 12.2. The lowest BCUT2D eigenvalue weighted by Crippen LogP contribution is -2.21. The molecule has 0 radical (unpaired) electrons. The number of hydrogen-bond donors (Lipinski definition) is 1. The highest BCUT2D eigenvalue weighted by Gasteiger charge is 2.15. The van der Waals surface area contributed by atoms with Crippen LogP contribution in [-0.2, 0) is 5.75 Å². The van der Waals surface area contributed by atoms with Crippen LogP contribution in [0.4, 0.5) is 5.13 Å². The van der Waals surface area contributed by atoms with Gasteiger partial charge in [0.25, 0.3) is 5.56 Å². The van der Waals surface area contributed by atoms with Crippen molar-refractivity contribution >= 4 is 49.8 Å². The number of nitrogens with one attached hydrogen (secondary N) is 1. The molecule has 3 aromatic rings. The van der Waals surface area contributed by atoms with Crippen LogP contribution in [-0.4, -0.2) is 25.6 Å². The lowest BCUT2D eigenvalue weighted by molar-refractivity contribution is 0.462. The minimum Gasteiger partial charge on any atom is -0.357 e. The van der Waals surface area contributed by atoms with Gasteiger partial charge in [-0.25, -0.2) is 4.98 Å². The molecule has 1 aliphatic carbocycles. The third kappa shape index (κ3) is 4.27. The standard InChI is InChI=1S/C17H18BrN5OS2/c18-11-6-7-14-19-13(8-15(24)23(14)9-11)10-25-17-22-21-16(26-17)20-12-4-2-1-3-5-12/h6-9,12H,1-5,10H2,(H,20,21). The van der Waals surface area contributed by atoms with Crippen molar-refractivity contribution in [3.05, 3.63) is 44.9 Å². The largest absolute Gasteiger partial charge is 0.357 e. The lowest BCUT2D eigenvalue weighted by Gasteiger charge is -2.21. The second-order valence-electron chi connectivity index (χ2n) is 6.30. The molecule has 0 saturated heterocycles. The fraction of sp³-hybridized carbons (Fsp3) is 0.412. The fourth-order valence-corrected chi connectivity index (χ4v) is 5.14. The van der Waals surface area contributed by atoms with Crippen LogP contribution in [0.15, 0.2) is 38.0 Å². The molecule has 1 saturated carbocycles. The Kier molecular flexibility index (Phi) is 5.56. The van der Waals surface area contributed by atoms with Crippen molar-refractivity contribution in [1.29, 1.82) is 0 Å². The Morgan fingerprint density at radius 3 is 2.96 bits per heavy atom. The van der Waals surface area contributed by atoms with Gasteiger partial charge in [-0.1, -0.05) is 42.4 Å². The molecule has 9 heteroatoms. The van der Waals surface area contributed by atoms with Crippen LogP contribution in [0.2, 0.25) is 0 Å². The predicted molar refractivity (Wildman–Crippen MR) is 109 cm³/mol. The minimum absolute atomic E-state index is 0.0798. The second-order valence-corrected chi connectivity index (χ2v) is 9.42. The molecule has 3 aromatic heterocycles. The number of halogens is 1. The van der Waals surface area contributed by atoms with Crippen molar-refractivity contribution < 1.29 is 0 Å². The average molecular weight is 452 g/mol. The Morgan fingerprint density at radius 2 is 2.12 bits per heavy atom. The summed E-state index contributed by atoms with van der Waals surface area (Å²) in [5.74, 6) is 0.597. The maximum Gasteiger partial charge on any atom is 0.258 e. The summed E-state index contributed by atoms with van der Waals surface area (Å²) in [7, 11) is 0. The van der Waals surface area contributed by atoms with Crippen molar-refractivity contribution in [3.63, 3.8) is 0 Å². The fourth-order valence-electron chi connectivity index (χ4n) is 3.08. The second kappa shape index (κ2) is 8.06. The molecule has 0 bridgehead atoms. The highest BCUT2D eigenvalue weighted by atomic mass is 79.9. The highest BCUT2D eigenvalue weighted by molar-refractivity contribution is 9.10. The van der Waals surface area contributed by atoms with Gasteiger partial charge in [-0.05, 0) is 40.9 Å². The Hall–Kier alpha value is -1.45. The Morgan fingerprint density at radius 1 is 1.27 bits per heavy atom. The van der Waals surface area contributed by atoms with Crippen molar-refractivity contribution in [3.8, 4) is 0 Å². The summed E-state index contributed by atoms with van der Waals surface area (Å²) in [6.45, 7) is 0. The maximum absolute atomic E-state index is 12.2. The molecule has 0 amide bonds. The molecule has 0 unspecified atom stereocenters. The van der Waals surface area contributed by atoms with Gasteiger partial charge in [-0.2, -0.15) is 0 Å². The summed E-state index contributed by atoms with van der Waals surface area (Å²) in [6, 6.07) is 5.81. The number of fused-ring (bicyclic) bond motifs is 1. The number of aromatic nitrogens is 4. The Bertz CT molecular complexity index is 967. The van der Waals surface area contributed by atoms with Gasteiger partial charge in [-0.3, -0.25) is 9.20 Å². The van der Waals surface area contributed by atoms with E-state index >= 15 is 0 Å². The molecule has 26 heavy (non-hydrogen) atoms. The van der Waals surface area contributed by atoms with Crippen LogP contribution in [0.25, 0.3) is 5.65 Å². The Labute approximate surface area is 167 Å². The number of nitrogens with zero attached hydrogens (tertiary/aromatic N) is 4. The van der Waals surface area contributed by atoms with E-state index in [1.165, 1.54) is 36.5 Å². The first-order chi connectivity index (χ1) is 12.7. The lowest BCUT2D eigenvalue weighted by atomic mass is 9.96. The van der Waals surface area contributed by atoms with E-state index in [1.807, 2.05) is 12.1 Å². The van der Waals surface area contributed by atoms with Gasteiger partial charge in [0, 0.05) is 28.5 Å². The molecule has 0 spiro atoms. The SMILES string of the molecule is O=c1cc(CSc2nnc(NC3CCCCC3)s2)nc2ccc(Br)cn12. The van der Waals surface area contributed by atoms with Crippen molar-refractivity contribution in [2.24, 2.45) is 0 Å². The first kappa shape index (κ1) is 17.9. The number of anilines is 1. The van der Waals surface area contributed by atoms with Gasteiger partial charge < -0.3 is 5.32 Å². The van der Waals surface area contributed by atoms with E-state index in [4.69, 9.17) is 0 Å². The van der Waals surface area contributed by atoms with Crippen LogP contribution >= 0.6 is 39.0 Å². The molecule has 0 aromatic carbocycles. The molecule has 1 N–H and O–H groups in total. The van der Waals surface area contributed by atoms with Crippen LogP contribution in [0.5, 0.6) is 0 Å². The first-order valence-corrected chi connectivity index (χ1v) is 11.2. The van der Waals surface area contributed by atoms with Gasteiger partial charge in [0.15, 0.2) is 4.34 Å². The van der Waals surface area contributed by atoms with E-state index in [-0.39, 0.29) is 5.56 Å². The normalized spacial score (nSPS) is 15.4. The van der Waals surface area contributed by atoms with Gasteiger partial charge in [0.05, 0.1) is 5.69 Å². The summed E-state index contributed by atoms with van der Waals surface area (Å²) in [5, 5.41) is 12.9. The summed E-state index contributed by atoms with van der Waals surface area (Å²) < 4.78 is 3.28. The summed E-state index contributed by atoms with van der Waals surface area (Å²) >= 11 is 6.50. The highest BCUT2D eigenvalue weighted by Crippen LogP contribution is 2.29. The third-order valence-corrected chi connectivity index (χ3v) is 6.85. The van der Waals surface area contributed by atoms with Gasteiger partial charge >= 0.3 is 0 Å². The van der Waals surface area contributed by atoms with E-state index < -0.39 is 0 Å². The van der Waals surface area contributed by atoms with Crippen LogP contribution < -0.4 is 10.9 Å². The zero-order valence-corrected chi connectivity index (χ0v) is 17.2. The van der Waals surface area contributed by atoms with Crippen LogP contribution in [0.3, 0.4) is 0 Å². The van der Waals surface area contributed by atoms with Gasteiger partial charge in [0.1, 0.15) is 5.65 Å². The monoisotopic (exact) mass is 451 g/mol. The van der Waals surface area contributed by atoms with Crippen LogP contribution in [0, 0.1) is 0 Å².